The molecule has 0 aliphatic carbocycles. The lowest BCUT2D eigenvalue weighted by molar-refractivity contribution is 0.576. The normalized spacial score (nSPS) is 11.4. The summed E-state index contributed by atoms with van der Waals surface area (Å²) in [7, 11) is 0. The molecule has 0 unspecified atom stereocenters. The molecule has 0 aliphatic rings. The smallest absolute Gasteiger partial charge is 0.196 e. The molecule has 0 radical (unpaired) electrons. The van der Waals surface area contributed by atoms with Crippen LogP contribution in [0.1, 0.15) is 63.9 Å². The van der Waals surface area contributed by atoms with Crippen molar-refractivity contribution in [1.29, 1.82) is 0 Å². The fourth-order valence-electron chi connectivity index (χ4n) is 3.57. The van der Waals surface area contributed by atoms with Crippen LogP contribution in [-0.4, -0.2) is 0 Å². The van der Waals surface area contributed by atoms with Gasteiger partial charge in [-0.05, 0) is 36.6 Å². The van der Waals surface area contributed by atoms with Gasteiger partial charge in [-0.2, -0.15) is 0 Å². The maximum atomic E-state index is 13.0. The molecule has 0 aliphatic heterocycles. The van der Waals surface area contributed by atoms with Crippen LogP contribution >= 0.6 is 11.3 Å². The molecule has 2 aromatic carbocycles. The number of benzene rings is 2. The summed E-state index contributed by atoms with van der Waals surface area (Å²) >= 11 is 1.73. The van der Waals surface area contributed by atoms with Crippen LogP contribution in [0.15, 0.2) is 47.3 Å². The summed E-state index contributed by atoms with van der Waals surface area (Å²) in [5, 5.41) is 1.82. The van der Waals surface area contributed by atoms with Crippen molar-refractivity contribution in [2.45, 2.75) is 64.7 Å². The molecule has 0 amide bonds. The molecule has 0 bridgehead atoms. The Morgan fingerprint density at radius 3 is 2.24 bits per heavy atom. The van der Waals surface area contributed by atoms with Gasteiger partial charge in [-0.3, -0.25) is 4.79 Å². The summed E-state index contributed by atoms with van der Waals surface area (Å²) in [5.74, 6) is 0. The van der Waals surface area contributed by atoms with Crippen LogP contribution < -0.4 is 5.43 Å². The van der Waals surface area contributed by atoms with Gasteiger partial charge < -0.3 is 0 Å². The number of rotatable bonds is 9. The van der Waals surface area contributed by atoms with E-state index in [1.807, 2.05) is 24.3 Å². The molecule has 3 rings (SSSR count). The highest BCUT2D eigenvalue weighted by Crippen LogP contribution is 2.27. The van der Waals surface area contributed by atoms with Gasteiger partial charge in [-0.15, -0.1) is 11.3 Å². The summed E-state index contributed by atoms with van der Waals surface area (Å²) < 4.78 is 2.21. The first-order chi connectivity index (χ1) is 12.3. The van der Waals surface area contributed by atoms with Gasteiger partial charge in [0.2, 0.25) is 0 Å². The Morgan fingerprint density at radius 1 is 0.760 bits per heavy atom. The van der Waals surface area contributed by atoms with E-state index in [2.05, 4.69) is 25.1 Å². The van der Waals surface area contributed by atoms with Crippen LogP contribution in [0.2, 0.25) is 0 Å². The summed E-state index contributed by atoms with van der Waals surface area (Å²) in [4.78, 5) is 13.0. The second-order valence-corrected chi connectivity index (χ2v) is 8.03. The summed E-state index contributed by atoms with van der Waals surface area (Å²) in [6.07, 6.45) is 11.6. The van der Waals surface area contributed by atoms with Crippen LogP contribution in [0, 0.1) is 0 Å². The van der Waals surface area contributed by atoms with E-state index in [9.17, 15) is 4.79 Å². The van der Waals surface area contributed by atoms with E-state index in [1.165, 1.54) is 56.9 Å². The van der Waals surface area contributed by atoms with Crippen LogP contribution in [0.4, 0.5) is 0 Å². The maximum Gasteiger partial charge on any atom is 0.196 e. The SMILES string of the molecule is CCCCCCCCCCc1cccc2sc3ccccc3c(=O)c12. The standard InChI is InChI=1S/C23H28OS/c1-2-3-4-5-6-7-8-9-13-18-14-12-17-21-22(18)23(24)19-15-10-11-16-20(19)25-21/h10-12,14-17H,2-9,13H2,1H3. The molecule has 1 heterocycles. The number of hydrogen-bond donors (Lipinski definition) is 0. The molecule has 0 N–H and O–H groups in total. The van der Waals surface area contributed by atoms with Gasteiger partial charge in [-0.25, -0.2) is 0 Å². The van der Waals surface area contributed by atoms with Crippen molar-refractivity contribution in [1.82, 2.24) is 0 Å². The van der Waals surface area contributed by atoms with Crippen molar-refractivity contribution < 1.29 is 0 Å². The third-order valence-corrected chi connectivity index (χ3v) is 6.13. The zero-order chi connectivity index (χ0) is 17.5. The average molecular weight is 353 g/mol. The van der Waals surface area contributed by atoms with Crippen molar-refractivity contribution in [2.75, 3.05) is 0 Å². The quantitative estimate of drug-likeness (QED) is 0.296. The molecule has 3 aromatic rings. The van der Waals surface area contributed by atoms with Crippen molar-refractivity contribution in [3.05, 3.63) is 58.3 Å². The summed E-state index contributed by atoms with van der Waals surface area (Å²) in [6, 6.07) is 14.3. The number of fused-ring (bicyclic) bond motifs is 2. The zero-order valence-electron chi connectivity index (χ0n) is 15.2. The molecule has 0 fully saturated rings. The number of hydrogen-bond acceptors (Lipinski definition) is 2. The van der Waals surface area contributed by atoms with Crippen molar-refractivity contribution in [2.24, 2.45) is 0 Å². The third-order valence-electron chi connectivity index (χ3n) is 4.99. The van der Waals surface area contributed by atoms with E-state index in [4.69, 9.17) is 0 Å². The Labute approximate surface area is 154 Å². The van der Waals surface area contributed by atoms with E-state index in [0.29, 0.717) is 0 Å². The minimum Gasteiger partial charge on any atom is -0.288 e. The Kier molecular flexibility index (Phi) is 6.63. The summed E-state index contributed by atoms with van der Waals surface area (Å²) in [5.41, 5.74) is 1.44. The predicted molar refractivity (Wildman–Crippen MR) is 112 cm³/mol. The predicted octanol–water partition coefficient (Wildman–Crippen LogP) is 7.10. The fourth-order valence-corrected chi connectivity index (χ4v) is 4.70. The van der Waals surface area contributed by atoms with Crippen LogP contribution in [0.5, 0.6) is 0 Å². The summed E-state index contributed by atoms with van der Waals surface area (Å²) in [6.45, 7) is 2.26. The topological polar surface area (TPSA) is 17.1 Å². The minimum absolute atomic E-state index is 0.208. The van der Waals surface area contributed by atoms with E-state index in [-0.39, 0.29) is 5.43 Å². The Bertz CT molecular complexity index is 878. The van der Waals surface area contributed by atoms with Crippen LogP contribution in [0.3, 0.4) is 0 Å². The molecular weight excluding hydrogens is 324 g/mol. The molecule has 0 spiro atoms. The first-order valence-electron chi connectivity index (χ1n) is 9.74. The lowest BCUT2D eigenvalue weighted by atomic mass is 10.0. The maximum absolute atomic E-state index is 13.0. The fraction of sp³-hybridized carbons (Fsp3) is 0.435. The third kappa shape index (κ3) is 4.49. The number of aryl methyl sites for hydroxylation is 1. The molecular formula is C23H28OS. The molecule has 0 atom stereocenters. The monoisotopic (exact) mass is 352 g/mol. The molecule has 0 saturated carbocycles. The molecule has 2 heteroatoms. The lowest BCUT2D eigenvalue weighted by Crippen LogP contribution is -2.04. The molecule has 0 saturated heterocycles. The molecule has 132 valence electrons. The van der Waals surface area contributed by atoms with Crippen LogP contribution in [-0.2, 0) is 6.42 Å². The van der Waals surface area contributed by atoms with Crippen molar-refractivity contribution in [3.63, 3.8) is 0 Å². The largest absolute Gasteiger partial charge is 0.288 e. The molecule has 25 heavy (non-hydrogen) atoms. The van der Waals surface area contributed by atoms with Gasteiger partial charge in [0, 0.05) is 20.2 Å². The van der Waals surface area contributed by atoms with Crippen LogP contribution in [0.25, 0.3) is 20.2 Å². The van der Waals surface area contributed by atoms with E-state index in [0.717, 1.165) is 26.6 Å². The van der Waals surface area contributed by atoms with Gasteiger partial charge >= 0.3 is 0 Å². The van der Waals surface area contributed by atoms with Gasteiger partial charge in [-0.1, -0.05) is 76.1 Å². The van der Waals surface area contributed by atoms with Gasteiger partial charge in [0.25, 0.3) is 0 Å². The van der Waals surface area contributed by atoms with Crippen molar-refractivity contribution in [3.8, 4) is 0 Å². The van der Waals surface area contributed by atoms with E-state index in [1.54, 1.807) is 11.3 Å². The number of unbranched alkanes of at least 4 members (excludes halogenated alkanes) is 7. The van der Waals surface area contributed by atoms with Gasteiger partial charge in [0.15, 0.2) is 5.43 Å². The Hall–Kier alpha value is -1.67. The highest BCUT2D eigenvalue weighted by Gasteiger charge is 2.09. The first kappa shape index (κ1) is 18.1. The molecule has 1 nitrogen and oxygen atoms in total. The Morgan fingerprint density at radius 2 is 1.44 bits per heavy atom. The second-order valence-electron chi connectivity index (χ2n) is 6.94. The average Bonchev–Trinajstić information content (AvgIpc) is 2.64. The van der Waals surface area contributed by atoms with E-state index >= 15 is 0 Å². The van der Waals surface area contributed by atoms with Gasteiger partial charge in [0.1, 0.15) is 0 Å². The van der Waals surface area contributed by atoms with Crippen molar-refractivity contribution >= 4 is 31.5 Å². The highest BCUT2D eigenvalue weighted by molar-refractivity contribution is 7.24. The second kappa shape index (κ2) is 9.15. The van der Waals surface area contributed by atoms with Gasteiger partial charge in [0.05, 0.1) is 0 Å². The zero-order valence-corrected chi connectivity index (χ0v) is 16.0. The lowest BCUT2D eigenvalue weighted by Gasteiger charge is -2.07. The highest BCUT2D eigenvalue weighted by atomic mass is 32.1. The van der Waals surface area contributed by atoms with E-state index < -0.39 is 0 Å². The Balaban J connectivity index is 1.68. The minimum atomic E-state index is 0.208. The first-order valence-corrected chi connectivity index (χ1v) is 10.6. The molecule has 1 aromatic heterocycles.